The van der Waals surface area contributed by atoms with Gasteiger partial charge in [0.25, 0.3) is 0 Å². The molecule has 1 aromatic rings. The monoisotopic (exact) mass is 396 g/mol. The molecule has 3 N–H and O–H groups in total. The third-order valence-electron chi connectivity index (χ3n) is 3.89. The number of hydrogen-bond acceptors (Lipinski definition) is 5. The Kier molecular flexibility index (Phi) is 11.0. The summed E-state index contributed by atoms with van der Waals surface area (Å²) in [7, 11) is 0. The predicted molar refractivity (Wildman–Crippen MR) is 106 cm³/mol. The number of ether oxygens (including phenoxy) is 1. The molecule has 0 saturated carbocycles. The van der Waals surface area contributed by atoms with Gasteiger partial charge in [0, 0.05) is 0 Å². The number of thioether (sulfide) groups is 1. The van der Waals surface area contributed by atoms with Crippen LogP contribution in [0.5, 0.6) is 0 Å². The number of nitrogens with one attached hydrogen (secondary N) is 2. The minimum absolute atomic E-state index is 0.0975. The van der Waals surface area contributed by atoms with Crippen molar-refractivity contribution in [1.82, 2.24) is 10.6 Å². The Hall–Kier alpha value is -2.22. The zero-order valence-electron chi connectivity index (χ0n) is 15.8. The molecule has 0 heterocycles. The van der Waals surface area contributed by atoms with Crippen molar-refractivity contribution in [3.05, 3.63) is 35.9 Å². The third-order valence-corrected chi connectivity index (χ3v) is 4.54. The highest BCUT2D eigenvalue weighted by molar-refractivity contribution is 7.98. The summed E-state index contributed by atoms with van der Waals surface area (Å²) in [5.41, 5.74) is 0.838. The number of rotatable bonds is 12. The van der Waals surface area contributed by atoms with Crippen molar-refractivity contribution in [3.63, 3.8) is 0 Å². The second-order valence-electron chi connectivity index (χ2n) is 6.08. The van der Waals surface area contributed by atoms with E-state index in [9.17, 15) is 19.5 Å². The Balaban J connectivity index is 2.62. The molecule has 0 aliphatic heterocycles. The third kappa shape index (κ3) is 9.33. The molecule has 0 bridgehead atoms. The minimum Gasteiger partial charge on any atom is -0.480 e. The first-order chi connectivity index (χ1) is 13.0. The molecule has 2 amide bonds. The molecule has 0 unspecified atom stereocenters. The number of carbonyl (C=O) groups is 3. The van der Waals surface area contributed by atoms with E-state index in [4.69, 9.17) is 4.74 Å². The standard InChI is InChI=1S/C19H28N2O5S/c1-3-4-10-15(17(22)20-16(18(23)24)11-12-27-2)21-19(25)26-13-14-8-6-5-7-9-14/h5-9,15-16H,3-4,10-13H2,1-2H3,(H,20,22)(H,21,25)(H,23,24)/t15-,16-/m1/s1. The highest BCUT2D eigenvalue weighted by Crippen LogP contribution is 2.06. The van der Waals surface area contributed by atoms with Crippen LogP contribution < -0.4 is 10.6 Å². The smallest absolute Gasteiger partial charge is 0.408 e. The van der Waals surface area contributed by atoms with E-state index < -0.39 is 30.1 Å². The molecule has 0 aromatic heterocycles. The van der Waals surface area contributed by atoms with Gasteiger partial charge in [0.1, 0.15) is 18.7 Å². The summed E-state index contributed by atoms with van der Waals surface area (Å²) in [6.07, 6.45) is 3.47. The van der Waals surface area contributed by atoms with Crippen LogP contribution in [0.3, 0.4) is 0 Å². The van der Waals surface area contributed by atoms with Gasteiger partial charge in [-0.3, -0.25) is 4.79 Å². The lowest BCUT2D eigenvalue weighted by Crippen LogP contribution is -2.51. The molecular formula is C19H28N2O5S. The summed E-state index contributed by atoms with van der Waals surface area (Å²) in [5.74, 6) is -0.976. The molecule has 0 fully saturated rings. The van der Waals surface area contributed by atoms with E-state index in [-0.39, 0.29) is 6.61 Å². The predicted octanol–water partition coefficient (Wildman–Crippen LogP) is 2.79. The first kappa shape index (κ1) is 22.8. The van der Waals surface area contributed by atoms with Crippen LogP contribution in [-0.2, 0) is 20.9 Å². The van der Waals surface area contributed by atoms with Crippen LogP contribution in [0.15, 0.2) is 30.3 Å². The van der Waals surface area contributed by atoms with Crippen molar-refractivity contribution < 1.29 is 24.2 Å². The number of carboxylic acids is 1. The topological polar surface area (TPSA) is 105 Å². The maximum Gasteiger partial charge on any atom is 0.408 e. The van der Waals surface area contributed by atoms with E-state index in [0.717, 1.165) is 18.4 Å². The maximum absolute atomic E-state index is 12.5. The van der Waals surface area contributed by atoms with Gasteiger partial charge in [-0.2, -0.15) is 11.8 Å². The van der Waals surface area contributed by atoms with Gasteiger partial charge < -0.3 is 20.5 Å². The lowest BCUT2D eigenvalue weighted by Gasteiger charge is -2.21. The first-order valence-electron chi connectivity index (χ1n) is 8.97. The van der Waals surface area contributed by atoms with Gasteiger partial charge in [-0.1, -0.05) is 50.1 Å². The Morgan fingerprint density at radius 1 is 1.11 bits per heavy atom. The van der Waals surface area contributed by atoms with Crippen LogP contribution >= 0.6 is 11.8 Å². The van der Waals surface area contributed by atoms with Crippen LogP contribution in [0.1, 0.15) is 38.2 Å². The summed E-state index contributed by atoms with van der Waals surface area (Å²) >= 11 is 1.51. The quantitative estimate of drug-likeness (QED) is 0.502. The zero-order chi connectivity index (χ0) is 20.1. The molecule has 2 atom stereocenters. The molecule has 1 aromatic carbocycles. The van der Waals surface area contributed by atoms with Gasteiger partial charge in [-0.05, 0) is 30.4 Å². The average molecular weight is 397 g/mol. The molecule has 27 heavy (non-hydrogen) atoms. The lowest BCUT2D eigenvalue weighted by molar-refractivity contribution is -0.142. The Morgan fingerprint density at radius 2 is 1.81 bits per heavy atom. The molecule has 0 aliphatic rings. The molecule has 0 aliphatic carbocycles. The van der Waals surface area contributed by atoms with Crippen LogP contribution in [0.2, 0.25) is 0 Å². The van der Waals surface area contributed by atoms with Gasteiger partial charge in [0.15, 0.2) is 0 Å². The van der Waals surface area contributed by atoms with Gasteiger partial charge in [-0.25, -0.2) is 9.59 Å². The first-order valence-corrected chi connectivity index (χ1v) is 10.4. The van der Waals surface area contributed by atoms with Crippen LogP contribution in [0.25, 0.3) is 0 Å². The fourth-order valence-corrected chi connectivity index (χ4v) is 2.82. The van der Waals surface area contributed by atoms with Gasteiger partial charge in [0.2, 0.25) is 5.91 Å². The molecular weight excluding hydrogens is 368 g/mol. The van der Waals surface area contributed by atoms with Gasteiger partial charge in [-0.15, -0.1) is 0 Å². The van der Waals surface area contributed by atoms with Gasteiger partial charge >= 0.3 is 12.1 Å². The van der Waals surface area contributed by atoms with Crippen molar-refractivity contribution in [2.24, 2.45) is 0 Å². The van der Waals surface area contributed by atoms with E-state index in [1.165, 1.54) is 11.8 Å². The van der Waals surface area contributed by atoms with E-state index in [1.54, 1.807) is 0 Å². The number of amides is 2. The Bertz CT molecular complexity index is 597. The normalized spacial score (nSPS) is 12.7. The van der Waals surface area contributed by atoms with Crippen LogP contribution in [-0.4, -0.2) is 47.2 Å². The van der Waals surface area contributed by atoms with E-state index in [1.807, 2.05) is 43.5 Å². The number of unbranched alkanes of at least 4 members (excludes halogenated alkanes) is 1. The number of hydrogen-bond donors (Lipinski definition) is 3. The summed E-state index contributed by atoms with van der Waals surface area (Å²) in [4.78, 5) is 35.9. The Morgan fingerprint density at radius 3 is 2.41 bits per heavy atom. The highest BCUT2D eigenvalue weighted by atomic mass is 32.2. The van der Waals surface area contributed by atoms with E-state index in [0.29, 0.717) is 18.6 Å². The molecule has 0 spiro atoms. The minimum atomic E-state index is -1.08. The van der Waals surface area contributed by atoms with Gasteiger partial charge in [0.05, 0.1) is 0 Å². The van der Waals surface area contributed by atoms with Crippen molar-refractivity contribution in [2.75, 3.05) is 12.0 Å². The summed E-state index contributed by atoms with van der Waals surface area (Å²) < 4.78 is 5.16. The second-order valence-corrected chi connectivity index (χ2v) is 7.07. The number of carboxylic acid groups (broad SMARTS) is 1. The number of carbonyl (C=O) groups excluding carboxylic acids is 2. The maximum atomic E-state index is 12.5. The Labute approximate surface area is 164 Å². The van der Waals surface area contributed by atoms with E-state index in [2.05, 4.69) is 10.6 Å². The molecule has 150 valence electrons. The van der Waals surface area contributed by atoms with Crippen molar-refractivity contribution in [2.45, 2.75) is 51.3 Å². The highest BCUT2D eigenvalue weighted by Gasteiger charge is 2.26. The number of aliphatic carboxylic acids is 1. The van der Waals surface area contributed by atoms with Crippen molar-refractivity contribution in [1.29, 1.82) is 0 Å². The molecule has 7 nitrogen and oxygen atoms in total. The van der Waals surface area contributed by atoms with Crippen molar-refractivity contribution in [3.8, 4) is 0 Å². The summed E-state index contributed by atoms with van der Waals surface area (Å²) in [6, 6.07) is 7.41. The zero-order valence-corrected chi connectivity index (χ0v) is 16.6. The fraction of sp³-hybridized carbons (Fsp3) is 0.526. The molecule has 0 radical (unpaired) electrons. The summed E-state index contributed by atoms with van der Waals surface area (Å²) in [5, 5.41) is 14.3. The fourth-order valence-electron chi connectivity index (χ4n) is 2.35. The molecule has 1 rings (SSSR count). The van der Waals surface area contributed by atoms with Crippen molar-refractivity contribution >= 4 is 29.7 Å². The average Bonchev–Trinajstić information content (AvgIpc) is 2.67. The lowest BCUT2D eigenvalue weighted by atomic mass is 10.1. The number of alkyl carbamates (subject to hydrolysis) is 1. The molecule has 0 saturated heterocycles. The van der Waals surface area contributed by atoms with Crippen LogP contribution in [0.4, 0.5) is 4.79 Å². The SMILES string of the molecule is CCCC[C@@H](NC(=O)OCc1ccccc1)C(=O)N[C@H](CCSC)C(=O)O. The second kappa shape index (κ2) is 13.0. The van der Waals surface area contributed by atoms with Crippen LogP contribution in [0, 0.1) is 0 Å². The number of benzene rings is 1. The van der Waals surface area contributed by atoms with E-state index >= 15 is 0 Å². The molecule has 8 heteroatoms. The summed E-state index contributed by atoms with van der Waals surface area (Å²) in [6.45, 7) is 2.07. The largest absolute Gasteiger partial charge is 0.480 e.